The van der Waals surface area contributed by atoms with Gasteiger partial charge in [0, 0.05) is 18.3 Å². The lowest BCUT2D eigenvalue weighted by Gasteiger charge is -2.33. The Morgan fingerprint density at radius 3 is 2.68 bits per heavy atom. The van der Waals surface area contributed by atoms with Crippen LogP contribution in [0.5, 0.6) is 5.75 Å². The number of rotatable bonds is 4. The summed E-state index contributed by atoms with van der Waals surface area (Å²) in [6.45, 7) is 3.75. The van der Waals surface area contributed by atoms with E-state index in [1.165, 1.54) is 4.90 Å². The van der Waals surface area contributed by atoms with E-state index in [9.17, 15) is 9.59 Å². The summed E-state index contributed by atoms with van der Waals surface area (Å²) in [5, 5.41) is 2.83. The molecule has 0 aromatic heterocycles. The topological polar surface area (TPSA) is 67.9 Å². The first-order valence-electron chi connectivity index (χ1n) is 7.06. The normalized spacial score (nSPS) is 18.1. The number of esters is 1. The highest BCUT2D eigenvalue weighted by Crippen LogP contribution is 2.35. The minimum atomic E-state index is -0.598. The van der Waals surface area contributed by atoms with Gasteiger partial charge in [0.2, 0.25) is 0 Å². The summed E-state index contributed by atoms with van der Waals surface area (Å²) in [6, 6.07) is 6.40. The van der Waals surface area contributed by atoms with Crippen LogP contribution >= 0.6 is 0 Å². The van der Waals surface area contributed by atoms with Crippen LogP contribution in [0.3, 0.4) is 0 Å². The summed E-state index contributed by atoms with van der Waals surface area (Å²) in [6.07, 6.45) is 0. The molecule has 1 N–H and O–H groups in total. The van der Waals surface area contributed by atoms with Gasteiger partial charge in [-0.15, -0.1) is 0 Å². The monoisotopic (exact) mass is 304 g/mol. The van der Waals surface area contributed by atoms with Crippen molar-refractivity contribution in [1.82, 2.24) is 10.2 Å². The number of ether oxygens (including phenoxy) is 2. The van der Waals surface area contributed by atoms with Gasteiger partial charge in [-0.3, -0.25) is 0 Å². The molecule has 0 radical (unpaired) electrons. The number of methoxy groups -OCH3 is 1. The molecule has 2 amide bonds. The van der Waals surface area contributed by atoms with E-state index < -0.39 is 12.0 Å². The van der Waals surface area contributed by atoms with Crippen LogP contribution in [0.2, 0.25) is 0 Å². The van der Waals surface area contributed by atoms with E-state index in [2.05, 4.69) is 5.32 Å². The van der Waals surface area contributed by atoms with Crippen LogP contribution in [0.4, 0.5) is 4.79 Å². The number of benzene rings is 1. The SMILES string of the molecule is CCOC(=O)C1=C(C)N(C)C(=O)N[C@@H]1c1ccccc1OC. The molecule has 1 atom stereocenters. The van der Waals surface area contributed by atoms with Gasteiger partial charge in [-0.1, -0.05) is 18.2 Å². The number of hydrogen-bond acceptors (Lipinski definition) is 4. The molecule has 0 saturated heterocycles. The van der Waals surface area contributed by atoms with Crippen LogP contribution in [0.25, 0.3) is 0 Å². The number of amides is 2. The Balaban J connectivity index is 2.56. The number of carbonyl (C=O) groups excluding carboxylic acids is 2. The molecule has 22 heavy (non-hydrogen) atoms. The van der Waals surface area contributed by atoms with Crippen molar-refractivity contribution < 1.29 is 19.1 Å². The summed E-state index contributed by atoms with van der Waals surface area (Å²) in [7, 11) is 3.17. The number of nitrogens with zero attached hydrogens (tertiary/aromatic N) is 1. The highest BCUT2D eigenvalue weighted by atomic mass is 16.5. The minimum absolute atomic E-state index is 0.270. The molecule has 0 bridgehead atoms. The van der Waals surface area contributed by atoms with E-state index in [1.807, 2.05) is 18.2 Å². The van der Waals surface area contributed by atoms with E-state index in [0.29, 0.717) is 22.6 Å². The van der Waals surface area contributed by atoms with Gasteiger partial charge in [-0.05, 0) is 19.9 Å². The van der Waals surface area contributed by atoms with E-state index in [1.54, 1.807) is 34.1 Å². The van der Waals surface area contributed by atoms with Crippen molar-refractivity contribution in [2.24, 2.45) is 0 Å². The molecule has 0 fully saturated rings. The molecule has 1 aromatic carbocycles. The minimum Gasteiger partial charge on any atom is -0.496 e. The Kier molecular flexibility index (Phi) is 4.70. The number of nitrogens with one attached hydrogen (secondary N) is 1. The van der Waals surface area contributed by atoms with Crippen LogP contribution in [0.15, 0.2) is 35.5 Å². The van der Waals surface area contributed by atoms with Gasteiger partial charge >= 0.3 is 12.0 Å². The van der Waals surface area contributed by atoms with Crippen molar-refractivity contribution in [1.29, 1.82) is 0 Å². The molecular formula is C16H20N2O4. The maximum Gasteiger partial charge on any atom is 0.338 e. The van der Waals surface area contributed by atoms with Crippen molar-refractivity contribution in [3.8, 4) is 5.75 Å². The predicted octanol–water partition coefficient (Wildman–Crippen LogP) is 2.23. The molecule has 6 nitrogen and oxygen atoms in total. The summed E-state index contributed by atoms with van der Waals surface area (Å²) < 4.78 is 10.5. The highest BCUT2D eigenvalue weighted by molar-refractivity contribution is 5.95. The van der Waals surface area contributed by atoms with Gasteiger partial charge in [0.15, 0.2) is 0 Å². The highest BCUT2D eigenvalue weighted by Gasteiger charge is 2.36. The third-order valence-corrected chi connectivity index (χ3v) is 3.70. The second kappa shape index (κ2) is 6.51. The van der Waals surface area contributed by atoms with Crippen molar-refractivity contribution in [2.75, 3.05) is 20.8 Å². The van der Waals surface area contributed by atoms with Crippen LogP contribution < -0.4 is 10.1 Å². The van der Waals surface area contributed by atoms with Crippen molar-refractivity contribution in [2.45, 2.75) is 19.9 Å². The van der Waals surface area contributed by atoms with Gasteiger partial charge < -0.3 is 19.7 Å². The van der Waals surface area contributed by atoms with Gasteiger partial charge in [0.1, 0.15) is 5.75 Å². The first-order chi connectivity index (χ1) is 10.5. The quantitative estimate of drug-likeness (QED) is 0.866. The average molecular weight is 304 g/mol. The Morgan fingerprint density at radius 2 is 2.05 bits per heavy atom. The van der Waals surface area contributed by atoms with E-state index in [0.717, 1.165) is 0 Å². The largest absolute Gasteiger partial charge is 0.496 e. The fourth-order valence-electron chi connectivity index (χ4n) is 2.45. The standard InChI is InChI=1S/C16H20N2O4/c1-5-22-15(19)13-10(2)18(3)16(20)17-14(13)11-8-6-7-9-12(11)21-4/h6-9,14H,5H2,1-4H3,(H,17,20)/t14-/m1/s1. The zero-order valence-corrected chi connectivity index (χ0v) is 13.2. The number of urea groups is 1. The maximum absolute atomic E-state index is 12.3. The van der Waals surface area contributed by atoms with Crippen LogP contribution in [-0.2, 0) is 9.53 Å². The Morgan fingerprint density at radius 1 is 1.36 bits per heavy atom. The molecular weight excluding hydrogens is 284 g/mol. The summed E-state index contributed by atoms with van der Waals surface area (Å²) in [5.74, 6) is 0.162. The zero-order valence-electron chi connectivity index (χ0n) is 13.2. The summed E-state index contributed by atoms with van der Waals surface area (Å²) >= 11 is 0. The van der Waals surface area contributed by atoms with Gasteiger partial charge in [-0.25, -0.2) is 9.59 Å². The van der Waals surface area contributed by atoms with Crippen LogP contribution in [-0.4, -0.2) is 37.7 Å². The van der Waals surface area contributed by atoms with Crippen LogP contribution in [0.1, 0.15) is 25.5 Å². The maximum atomic E-state index is 12.3. The molecule has 1 aromatic rings. The molecule has 2 rings (SSSR count). The molecule has 0 saturated carbocycles. The molecule has 118 valence electrons. The van der Waals surface area contributed by atoms with Crippen LogP contribution in [0, 0.1) is 0 Å². The Hall–Kier alpha value is -2.50. The average Bonchev–Trinajstić information content (AvgIpc) is 2.52. The van der Waals surface area contributed by atoms with Crippen molar-refractivity contribution >= 4 is 12.0 Å². The molecule has 1 aliphatic heterocycles. The summed E-state index contributed by atoms with van der Waals surface area (Å²) in [4.78, 5) is 25.8. The smallest absolute Gasteiger partial charge is 0.338 e. The van der Waals surface area contributed by atoms with Gasteiger partial charge in [-0.2, -0.15) is 0 Å². The fraction of sp³-hybridized carbons (Fsp3) is 0.375. The lowest BCUT2D eigenvalue weighted by Crippen LogP contribution is -2.46. The van der Waals surface area contributed by atoms with Gasteiger partial charge in [0.05, 0.1) is 25.3 Å². The van der Waals surface area contributed by atoms with E-state index in [-0.39, 0.29) is 12.6 Å². The molecule has 6 heteroatoms. The second-order valence-corrected chi connectivity index (χ2v) is 4.90. The van der Waals surface area contributed by atoms with Gasteiger partial charge in [0.25, 0.3) is 0 Å². The third kappa shape index (κ3) is 2.77. The van der Waals surface area contributed by atoms with E-state index >= 15 is 0 Å². The molecule has 1 heterocycles. The Labute approximate surface area is 129 Å². The molecule has 1 aliphatic rings. The molecule has 0 aliphatic carbocycles. The predicted molar refractivity (Wildman–Crippen MR) is 81.4 cm³/mol. The lowest BCUT2D eigenvalue weighted by atomic mass is 9.94. The first kappa shape index (κ1) is 15.9. The number of hydrogen-bond donors (Lipinski definition) is 1. The van der Waals surface area contributed by atoms with E-state index in [4.69, 9.17) is 9.47 Å². The first-order valence-corrected chi connectivity index (χ1v) is 7.06. The van der Waals surface area contributed by atoms with Crippen molar-refractivity contribution in [3.05, 3.63) is 41.1 Å². The lowest BCUT2D eigenvalue weighted by molar-refractivity contribution is -0.139. The van der Waals surface area contributed by atoms with Crippen molar-refractivity contribution in [3.63, 3.8) is 0 Å². The molecule has 0 unspecified atom stereocenters. The fourth-order valence-corrected chi connectivity index (χ4v) is 2.45. The summed E-state index contributed by atoms with van der Waals surface area (Å²) in [5.41, 5.74) is 1.69. The number of allylic oxidation sites excluding steroid dienone is 1. The number of para-hydroxylation sites is 1. The second-order valence-electron chi connectivity index (χ2n) is 4.90. The molecule has 0 spiro atoms. The Bertz CT molecular complexity index is 624. The number of carbonyl (C=O) groups is 2. The third-order valence-electron chi connectivity index (χ3n) is 3.70. The zero-order chi connectivity index (χ0) is 16.3.